The van der Waals surface area contributed by atoms with Crippen molar-refractivity contribution in [3.8, 4) is 5.75 Å². The normalized spacial score (nSPS) is 13.3. The number of nitrogens with two attached hydrogens (primary N) is 1. The molecule has 0 aromatic heterocycles. The third-order valence-electron chi connectivity index (χ3n) is 3.20. The molecule has 0 heterocycles. The van der Waals surface area contributed by atoms with Crippen LogP contribution < -0.4 is 10.5 Å². The molecule has 0 radical (unpaired) electrons. The summed E-state index contributed by atoms with van der Waals surface area (Å²) in [4.78, 5) is 0. The Morgan fingerprint density at radius 2 is 1.59 bits per heavy atom. The van der Waals surface area contributed by atoms with E-state index in [9.17, 15) is 13.9 Å². The van der Waals surface area contributed by atoms with Gasteiger partial charge in [0.2, 0.25) is 0 Å². The van der Waals surface area contributed by atoms with Gasteiger partial charge in [-0.1, -0.05) is 48.5 Å². The van der Waals surface area contributed by atoms with Crippen LogP contribution in [0.3, 0.4) is 0 Å². The Kier molecular flexibility index (Phi) is 7.24. The second-order valence-corrected chi connectivity index (χ2v) is 4.70. The number of halogens is 3. The van der Waals surface area contributed by atoms with Gasteiger partial charge in [-0.3, -0.25) is 0 Å². The maximum Gasteiger partial charge on any atom is 0.387 e. The van der Waals surface area contributed by atoms with E-state index in [1.165, 1.54) is 6.07 Å². The minimum atomic E-state index is -2.93. The summed E-state index contributed by atoms with van der Waals surface area (Å²) in [5, 5.41) is 10.2. The number of hydrogen-bond donors (Lipinski definition) is 2. The van der Waals surface area contributed by atoms with Gasteiger partial charge < -0.3 is 15.6 Å². The maximum atomic E-state index is 12.4. The summed E-state index contributed by atoms with van der Waals surface area (Å²) in [6.45, 7) is -2.93. The predicted octanol–water partition coefficient (Wildman–Crippen LogP) is 3.31. The fraction of sp³-hybridized carbons (Fsp3) is 0.250. The van der Waals surface area contributed by atoms with Gasteiger partial charge in [0.05, 0.1) is 12.1 Å². The Morgan fingerprint density at radius 3 is 2.23 bits per heavy atom. The number of para-hydroxylation sites is 1. The van der Waals surface area contributed by atoms with Crippen molar-refractivity contribution in [2.24, 2.45) is 5.73 Å². The fourth-order valence-corrected chi connectivity index (χ4v) is 2.15. The minimum absolute atomic E-state index is 0. The summed E-state index contributed by atoms with van der Waals surface area (Å²) >= 11 is 0. The highest BCUT2D eigenvalue weighted by atomic mass is 35.5. The predicted molar refractivity (Wildman–Crippen MR) is 83.4 cm³/mol. The van der Waals surface area contributed by atoms with Crippen LogP contribution in [0.5, 0.6) is 5.75 Å². The Labute approximate surface area is 134 Å². The van der Waals surface area contributed by atoms with Crippen molar-refractivity contribution >= 4 is 12.4 Å². The lowest BCUT2D eigenvalue weighted by molar-refractivity contribution is -0.0510. The van der Waals surface area contributed by atoms with Crippen molar-refractivity contribution in [3.05, 3.63) is 65.7 Å². The molecule has 0 fully saturated rings. The molecule has 0 spiro atoms. The maximum absolute atomic E-state index is 12.4. The van der Waals surface area contributed by atoms with Crippen LogP contribution in [0.4, 0.5) is 8.78 Å². The second-order valence-electron chi connectivity index (χ2n) is 4.70. The van der Waals surface area contributed by atoms with E-state index < -0.39 is 18.8 Å². The number of hydrogen-bond acceptors (Lipinski definition) is 3. The first kappa shape index (κ1) is 18.4. The SMILES string of the molecule is Cl.N[C@@H](c1ccccc1OC(F)F)[C@H](O)Cc1ccccc1. The van der Waals surface area contributed by atoms with Gasteiger partial charge in [-0.15, -0.1) is 12.4 Å². The highest BCUT2D eigenvalue weighted by Crippen LogP contribution is 2.28. The molecule has 0 bridgehead atoms. The third-order valence-corrected chi connectivity index (χ3v) is 3.20. The zero-order chi connectivity index (χ0) is 15.2. The molecular formula is C16H18ClF2NO2. The Bertz CT molecular complexity index is 569. The van der Waals surface area contributed by atoms with Gasteiger partial charge in [-0.25, -0.2) is 0 Å². The van der Waals surface area contributed by atoms with Crippen molar-refractivity contribution in [2.75, 3.05) is 0 Å². The summed E-state index contributed by atoms with van der Waals surface area (Å²) in [7, 11) is 0. The molecule has 2 atom stereocenters. The average molecular weight is 330 g/mol. The summed E-state index contributed by atoms with van der Waals surface area (Å²) < 4.78 is 29.2. The first-order valence-corrected chi connectivity index (χ1v) is 6.59. The highest BCUT2D eigenvalue weighted by molar-refractivity contribution is 5.85. The first-order chi connectivity index (χ1) is 10.1. The van der Waals surface area contributed by atoms with Crippen molar-refractivity contribution in [3.63, 3.8) is 0 Å². The van der Waals surface area contributed by atoms with Crippen molar-refractivity contribution in [1.82, 2.24) is 0 Å². The second kappa shape index (κ2) is 8.68. The average Bonchev–Trinajstić information content (AvgIpc) is 2.47. The number of rotatable bonds is 6. The molecule has 6 heteroatoms. The van der Waals surface area contributed by atoms with Crippen LogP contribution >= 0.6 is 12.4 Å². The van der Waals surface area contributed by atoms with E-state index >= 15 is 0 Å². The van der Waals surface area contributed by atoms with Gasteiger partial charge in [0.1, 0.15) is 5.75 Å². The number of alkyl halides is 2. The molecule has 0 aliphatic heterocycles. The molecule has 0 aliphatic rings. The van der Waals surface area contributed by atoms with E-state index in [-0.39, 0.29) is 18.2 Å². The summed E-state index contributed by atoms with van der Waals surface area (Å²) in [5.41, 5.74) is 7.27. The smallest absolute Gasteiger partial charge is 0.387 e. The van der Waals surface area contributed by atoms with E-state index in [1.54, 1.807) is 18.2 Å². The molecule has 3 nitrogen and oxygen atoms in total. The standard InChI is InChI=1S/C16H17F2NO2.ClH/c17-16(18)21-14-9-5-4-8-12(14)15(19)13(20)10-11-6-2-1-3-7-11;/h1-9,13,15-16,20H,10,19H2;1H/t13-,15+;/m1./s1. The van der Waals surface area contributed by atoms with Gasteiger partial charge in [0.15, 0.2) is 0 Å². The monoisotopic (exact) mass is 329 g/mol. The number of aliphatic hydroxyl groups excluding tert-OH is 1. The molecule has 2 aromatic rings. The lowest BCUT2D eigenvalue weighted by atomic mass is 9.96. The van der Waals surface area contributed by atoms with Gasteiger partial charge in [-0.2, -0.15) is 8.78 Å². The summed E-state index contributed by atoms with van der Waals surface area (Å²) in [6.07, 6.45) is -0.555. The van der Waals surface area contributed by atoms with Crippen molar-refractivity contribution < 1.29 is 18.6 Å². The van der Waals surface area contributed by atoms with Crippen LogP contribution in [0.25, 0.3) is 0 Å². The van der Waals surface area contributed by atoms with Gasteiger partial charge >= 0.3 is 6.61 Å². The van der Waals surface area contributed by atoms with Crippen molar-refractivity contribution in [2.45, 2.75) is 25.2 Å². The molecule has 0 saturated carbocycles. The lowest BCUT2D eigenvalue weighted by Crippen LogP contribution is -2.28. The Morgan fingerprint density at radius 1 is 1.00 bits per heavy atom. The molecule has 2 rings (SSSR count). The van der Waals surface area contributed by atoms with Crippen LogP contribution in [0.2, 0.25) is 0 Å². The number of aliphatic hydroxyl groups is 1. The summed E-state index contributed by atoms with van der Waals surface area (Å²) in [5.74, 6) is -0.00730. The van der Waals surface area contributed by atoms with Crippen LogP contribution in [-0.4, -0.2) is 17.8 Å². The third kappa shape index (κ3) is 4.94. The fourth-order valence-electron chi connectivity index (χ4n) is 2.15. The van der Waals surface area contributed by atoms with Crippen LogP contribution in [0.15, 0.2) is 54.6 Å². The molecule has 120 valence electrons. The molecule has 0 aliphatic carbocycles. The van der Waals surface area contributed by atoms with Gasteiger partial charge in [0, 0.05) is 12.0 Å². The molecule has 0 unspecified atom stereocenters. The molecule has 3 N–H and O–H groups in total. The highest BCUT2D eigenvalue weighted by Gasteiger charge is 2.21. The lowest BCUT2D eigenvalue weighted by Gasteiger charge is -2.21. The van der Waals surface area contributed by atoms with E-state index in [0.717, 1.165) is 5.56 Å². The molecule has 0 saturated heterocycles. The quantitative estimate of drug-likeness (QED) is 0.855. The van der Waals surface area contributed by atoms with E-state index in [0.29, 0.717) is 12.0 Å². The van der Waals surface area contributed by atoms with Crippen molar-refractivity contribution in [1.29, 1.82) is 0 Å². The van der Waals surface area contributed by atoms with Crippen LogP contribution in [0, 0.1) is 0 Å². The molecule has 22 heavy (non-hydrogen) atoms. The minimum Gasteiger partial charge on any atom is -0.434 e. The van der Waals surface area contributed by atoms with Gasteiger partial charge in [0.25, 0.3) is 0 Å². The van der Waals surface area contributed by atoms with Gasteiger partial charge in [-0.05, 0) is 11.6 Å². The molecule has 0 amide bonds. The van der Waals surface area contributed by atoms with Crippen LogP contribution in [-0.2, 0) is 6.42 Å². The van der Waals surface area contributed by atoms with E-state index in [1.807, 2.05) is 30.3 Å². The zero-order valence-electron chi connectivity index (χ0n) is 11.7. The molecule has 2 aromatic carbocycles. The first-order valence-electron chi connectivity index (χ1n) is 6.59. The molecular weight excluding hydrogens is 312 g/mol. The van der Waals surface area contributed by atoms with E-state index in [4.69, 9.17) is 5.73 Å². The van der Waals surface area contributed by atoms with E-state index in [2.05, 4.69) is 4.74 Å². The number of ether oxygens (including phenoxy) is 1. The summed E-state index contributed by atoms with van der Waals surface area (Å²) in [6, 6.07) is 14.8. The number of benzene rings is 2. The Balaban J connectivity index is 0.00000242. The zero-order valence-corrected chi connectivity index (χ0v) is 12.5. The largest absolute Gasteiger partial charge is 0.434 e. The topological polar surface area (TPSA) is 55.5 Å². The Hall–Kier alpha value is -1.69. The van der Waals surface area contributed by atoms with Crippen LogP contribution in [0.1, 0.15) is 17.2 Å².